The first kappa shape index (κ1) is 16.3. The van der Waals surface area contributed by atoms with Crippen LogP contribution in [0.5, 0.6) is 5.75 Å². The third kappa shape index (κ3) is 2.33. The smallest absolute Gasteiger partial charge is 0.169 e. The van der Waals surface area contributed by atoms with Gasteiger partial charge in [0.25, 0.3) is 0 Å². The van der Waals surface area contributed by atoms with E-state index in [2.05, 4.69) is 6.92 Å². The quantitative estimate of drug-likeness (QED) is 0.876. The second-order valence-corrected chi connectivity index (χ2v) is 7.62. The molecule has 0 aromatic heterocycles. The molecular weight excluding hydrogens is 312 g/mol. The van der Waals surface area contributed by atoms with Gasteiger partial charge in [-0.15, -0.1) is 0 Å². The molecule has 25 heavy (non-hydrogen) atoms. The van der Waals surface area contributed by atoms with Gasteiger partial charge in [-0.1, -0.05) is 43.3 Å². The van der Waals surface area contributed by atoms with Gasteiger partial charge in [0.15, 0.2) is 5.78 Å². The van der Waals surface area contributed by atoms with Crippen LogP contribution in [0.1, 0.15) is 49.3 Å². The van der Waals surface area contributed by atoms with Gasteiger partial charge in [0.1, 0.15) is 11.4 Å². The van der Waals surface area contributed by atoms with Crippen molar-refractivity contribution < 1.29 is 15.0 Å². The molecule has 0 spiro atoms. The van der Waals surface area contributed by atoms with Gasteiger partial charge in [-0.2, -0.15) is 0 Å². The monoisotopic (exact) mass is 336 g/mol. The molecule has 0 bridgehead atoms. The van der Waals surface area contributed by atoms with E-state index < -0.39 is 5.60 Å². The lowest BCUT2D eigenvalue weighted by molar-refractivity contribution is -0.150. The highest BCUT2D eigenvalue weighted by Crippen LogP contribution is 2.55. The number of carbonyl (C=O) groups is 1. The summed E-state index contributed by atoms with van der Waals surface area (Å²) in [6.07, 6.45) is 3.52. The number of aromatic hydroxyl groups is 1. The predicted octanol–water partition coefficient (Wildman–Crippen LogP) is 3.85. The molecule has 2 aliphatic carbocycles. The Bertz CT molecular complexity index is 813. The highest BCUT2D eigenvalue weighted by molar-refractivity contribution is 5.90. The van der Waals surface area contributed by atoms with Crippen LogP contribution >= 0.6 is 0 Å². The minimum absolute atomic E-state index is 0.0854. The summed E-state index contributed by atoms with van der Waals surface area (Å²) in [5.41, 5.74) is 1.45. The molecule has 0 radical (unpaired) electrons. The standard InChI is InChI=1S/C22H24O3/c1-2-21-14-20(24)22(25,16-6-4-3-5-7-16)13-17(21)9-8-15-12-18(23)10-11-19(15)21/h3-7,10-12,17,23,25H,2,8-9,13-14H2,1H3/t17-,21-,22-/m1/s1. The molecule has 3 nitrogen and oxygen atoms in total. The Hall–Kier alpha value is -2.13. The van der Waals surface area contributed by atoms with Crippen LogP contribution in [0, 0.1) is 5.92 Å². The molecule has 2 aliphatic rings. The summed E-state index contributed by atoms with van der Waals surface area (Å²) < 4.78 is 0. The summed E-state index contributed by atoms with van der Waals surface area (Å²) in [7, 11) is 0. The number of hydrogen-bond donors (Lipinski definition) is 2. The first-order valence-corrected chi connectivity index (χ1v) is 9.13. The number of aliphatic hydroxyl groups is 1. The number of fused-ring (bicyclic) bond motifs is 3. The van der Waals surface area contributed by atoms with Crippen molar-refractivity contribution in [3.63, 3.8) is 0 Å². The van der Waals surface area contributed by atoms with Crippen LogP contribution in [0.2, 0.25) is 0 Å². The molecule has 0 saturated heterocycles. The summed E-state index contributed by atoms with van der Waals surface area (Å²) >= 11 is 0. The van der Waals surface area contributed by atoms with Gasteiger partial charge in [0.05, 0.1) is 0 Å². The van der Waals surface area contributed by atoms with Gasteiger partial charge in [-0.3, -0.25) is 4.79 Å². The van der Waals surface area contributed by atoms with E-state index in [4.69, 9.17) is 0 Å². The topological polar surface area (TPSA) is 57.5 Å². The number of ketones is 1. The normalized spacial score (nSPS) is 31.3. The Kier molecular flexibility index (Phi) is 3.73. The molecule has 2 N–H and O–H groups in total. The van der Waals surface area contributed by atoms with Crippen LogP contribution in [0.25, 0.3) is 0 Å². The second kappa shape index (κ2) is 5.70. The Morgan fingerprint density at radius 1 is 1.16 bits per heavy atom. The van der Waals surface area contributed by atoms with E-state index in [1.807, 2.05) is 42.5 Å². The SMILES string of the molecule is CC[C@@]12CC(=O)[C@](O)(c3ccccc3)C[C@H]1CCc1cc(O)ccc12. The molecule has 2 aromatic rings. The van der Waals surface area contributed by atoms with Gasteiger partial charge < -0.3 is 10.2 Å². The molecule has 0 aliphatic heterocycles. The second-order valence-electron chi connectivity index (χ2n) is 7.62. The van der Waals surface area contributed by atoms with E-state index in [0.717, 1.165) is 24.8 Å². The van der Waals surface area contributed by atoms with Gasteiger partial charge in [0, 0.05) is 11.8 Å². The number of benzene rings is 2. The average molecular weight is 336 g/mol. The molecule has 0 amide bonds. The van der Waals surface area contributed by atoms with Crippen LogP contribution in [0.4, 0.5) is 0 Å². The highest BCUT2D eigenvalue weighted by Gasteiger charge is 2.55. The summed E-state index contributed by atoms with van der Waals surface area (Å²) in [5.74, 6) is 0.460. The van der Waals surface area contributed by atoms with Crippen LogP contribution in [-0.2, 0) is 22.2 Å². The van der Waals surface area contributed by atoms with Crippen LogP contribution in [0.3, 0.4) is 0 Å². The van der Waals surface area contributed by atoms with E-state index in [0.29, 0.717) is 18.4 Å². The number of phenolic OH excluding ortho intramolecular Hbond substituents is 1. The largest absolute Gasteiger partial charge is 0.508 e. The van der Waals surface area contributed by atoms with Crippen molar-refractivity contribution in [2.45, 2.75) is 50.0 Å². The maximum Gasteiger partial charge on any atom is 0.169 e. The maximum atomic E-state index is 13.1. The first-order chi connectivity index (χ1) is 12.0. The van der Waals surface area contributed by atoms with Crippen LogP contribution < -0.4 is 0 Å². The number of rotatable bonds is 2. The molecule has 4 rings (SSSR count). The molecule has 3 atom stereocenters. The lowest BCUT2D eigenvalue weighted by Crippen LogP contribution is -2.53. The highest BCUT2D eigenvalue weighted by atomic mass is 16.3. The van der Waals surface area contributed by atoms with Crippen molar-refractivity contribution in [3.8, 4) is 5.75 Å². The molecule has 0 unspecified atom stereocenters. The number of carbonyl (C=O) groups excluding carboxylic acids is 1. The summed E-state index contributed by atoms with van der Waals surface area (Å²) in [6, 6.07) is 14.9. The Balaban J connectivity index is 1.79. The molecule has 3 heteroatoms. The zero-order valence-corrected chi connectivity index (χ0v) is 14.5. The van der Waals surface area contributed by atoms with Crippen LogP contribution in [0.15, 0.2) is 48.5 Å². The fourth-order valence-corrected chi connectivity index (χ4v) is 5.14. The lowest BCUT2D eigenvalue weighted by atomic mass is 9.52. The molecular formula is C22H24O3. The first-order valence-electron chi connectivity index (χ1n) is 9.13. The fraction of sp³-hybridized carbons (Fsp3) is 0.409. The number of aryl methyl sites for hydroxylation is 1. The minimum atomic E-state index is -1.38. The molecule has 2 aromatic carbocycles. The predicted molar refractivity (Wildman–Crippen MR) is 96.5 cm³/mol. The average Bonchev–Trinajstić information content (AvgIpc) is 2.63. The van der Waals surface area contributed by atoms with Crippen molar-refractivity contribution in [2.75, 3.05) is 0 Å². The van der Waals surface area contributed by atoms with E-state index in [1.54, 1.807) is 6.07 Å². The summed E-state index contributed by atoms with van der Waals surface area (Å²) in [5, 5.41) is 21.1. The van der Waals surface area contributed by atoms with E-state index in [9.17, 15) is 15.0 Å². The number of Topliss-reactive ketones (excluding diaryl/α,β-unsaturated/α-hetero) is 1. The van der Waals surface area contributed by atoms with Crippen molar-refractivity contribution in [2.24, 2.45) is 5.92 Å². The third-order valence-corrected chi connectivity index (χ3v) is 6.53. The molecule has 130 valence electrons. The minimum Gasteiger partial charge on any atom is -0.508 e. The van der Waals surface area contributed by atoms with Crippen molar-refractivity contribution in [3.05, 3.63) is 65.2 Å². The molecule has 1 fully saturated rings. The van der Waals surface area contributed by atoms with Gasteiger partial charge >= 0.3 is 0 Å². The maximum absolute atomic E-state index is 13.1. The zero-order chi connectivity index (χ0) is 17.7. The van der Waals surface area contributed by atoms with Gasteiger partial charge in [0.2, 0.25) is 0 Å². The molecule has 1 saturated carbocycles. The van der Waals surface area contributed by atoms with E-state index in [1.165, 1.54) is 5.56 Å². The third-order valence-electron chi connectivity index (χ3n) is 6.53. The Labute approximate surface area is 148 Å². The summed E-state index contributed by atoms with van der Waals surface area (Å²) in [4.78, 5) is 13.1. The van der Waals surface area contributed by atoms with E-state index >= 15 is 0 Å². The van der Waals surface area contributed by atoms with Gasteiger partial charge in [-0.25, -0.2) is 0 Å². The number of phenols is 1. The number of hydrogen-bond acceptors (Lipinski definition) is 3. The van der Waals surface area contributed by atoms with Crippen LogP contribution in [-0.4, -0.2) is 16.0 Å². The van der Waals surface area contributed by atoms with Crippen molar-refractivity contribution in [1.29, 1.82) is 0 Å². The Morgan fingerprint density at radius 3 is 2.64 bits per heavy atom. The lowest BCUT2D eigenvalue weighted by Gasteiger charge is -2.52. The Morgan fingerprint density at radius 2 is 1.92 bits per heavy atom. The van der Waals surface area contributed by atoms with Crippen molar-refractivity contribution >= 4 is 5.78 Å². The fourth-order valence-electron chi connectivity index (χ4n) is 5.14. The van der Waals surface area contributed by atoms with Crippen molar-refractivity contribution in [1.82, 2.24) is 0 Å². The molecule has 0 heterocycles. The van der Waals surface area contributed by atoms with E-state index in [-0.39, 0.29) is 22.9 Å². The summed E-state index contributed by atoms with van der Waals surface area (Å²) in [6.45, 7) is 2.13. The zero-order valence-electron chi connectivity index (χ0n) is 14.5. The van der Waals surface area contributed by atoms with Gasteiger partial charge in [-0.05, 0) is 60.4 Å².